The molecule has 0 spiro atoms. The van der Waals surface area contributed by atoms with Crippen LogP contribution in [0.5, 0.6) is 5.75 Å². The van der Waals surface area contributed by atoms with E-state index in [1.807, 2.05) is 24.3 Å². The first-order chi connectivity index (χ1) is 17.3. The maximum absolute atomic E-state index is 13.7. The molecule has 9 heteroatoms. The summed E-state index contributed by atoms with van der Waals surface area (Å²) >= 11 is 0. The molecule has 1 saturated heterocycles. The van der Waals surface area contributed by atoms with Crippen molar-refractivity contribution in [3.05, 3.63) is 77.7 Å². The lowest BCUT2D eigenvalue weighted by Crippen LogP contribution is -2.61. The van der Waals surface area contributed by atoms with E-state index in [9.17, 15) is 18.0 Å². The number of hydrogen-bond donors (Lipinski definition) is 0. The highest BCUT2D eigenvalue weighted by atomic mass is 19.4. The van der Waals surface area contributed by atoms with Crippen LogP contribution in [0.15, 0.2) is 65.3 Å². The third-order valence-corrected chi connectivity index (χ3v) is 7.13. The first-order valence-electron chi connectivity index (χ1n) is 11.9. The molecule has 2 aliphatic heterocycles. The number of hydrogen-bond acceptors (Lipinski definition) is 5. The number of fused-ring (bicyclic) bond motifs is 3. The summed E-state index contributed by atoms with van der Waals surface area (Å²) in [6, 6.07) is 15.0. The van der Waals surface area contributed by atoms with Gasteiger partial charge in [-0.3, -0.25) is 4.79 Å². The quantitative estimate of drug-likeness (QED) is 0.503. The third kappa shape index (κ3) is 4.50. The molecule has 190 valence electrons. The van der Waals surface area contributed by atoms with Gasteiger partial charge in [-0.15, -0.1) is 0 Å². The molecular weight excluding hydrogens is 471 g/mol. The molecule has 2 aromatic carbocycles. The van der Waals surface area contributed by atoms with Crippen molar-refractivity contribution in [3.63, 3.8) is 0 Å². The van der Waals surface area contributed by atoms with Gasteiger partial charge in [0.25, 0.3) is 0 Å². The summed E-state index contributed by atoms with van der Waals surface area (Å²) in [6.07, 6.45) is -2.65. The zero-order valence-electron chi connectivity index (χ0n) is 20.2. The molecule has 0 radical (unpaired) electrons. The maximum Gasteiger partial charge on any atom is 0.416 e. The number of alkyl halides is 3. The summed E-state index contributed by atoms with van der Waals surface area (Å²) in [6.45, 7) is 2.07. The Bertz CT molecular complexity index is 1230. The summed E-state index contributed by atoms with van der Waals surface area (Å²) in [5.74, 6) is 0.761. The minimum Gasteiger partial charge on any atom is -0.495 e. The molecule has 2 unspecified atom stereocenters. The molecule has 2 aliphatic rings. The number of nitrogens with zero attached hydrogens (tertiary/aromatic N) is 3. The summed E-state index contributed by atoms with van der Waals surface area (Å²) < 4.78 is 51.4. The van der Waals surface area contributed by atoms with Crippen LogP contribution in [0.1, 0.15) is 16.9 Å². The first kappa shape index (κ1) is 24.1. The topological polar surface area (TPSA) is 49.2 Å². The van der Waals surface area contributed by atoms with E-state index < -0.39 is 17.7 Å². The first-order valence-corrected chi connectivity index (χ1v) is 11.9. The lowest BCUT2D eigenvalue weighted by Gasteiger charge is -2.50. The Morgan fingerprint density at radius 2 is 1.92 bits per heavy atom. The van der Waals surface area contributed by atoms with Crippen molar-refractivity contribution in [2.45, 2.75) is 25.2 Å². The zero-order chi connectivity index (χ0) is 25.4. The smallest absolute Gasteiger partial charge is 0.416 e. The van der Waals surface area contributed by atoms with Crippen molar-refractivity contribution in [1.82, 2.24) is 4.90 Å². The second kappa shape index (κ2) is 9.44. The Hall–Kier alpha value is -3.62. The van der Waals surface area contributed by atoms with E-state index in [1.54, 1.807) is 43.5 Å². The fourth-order valence-electron chi connectivity index (χ4n) is 5.39. The summed E-state index contributed by atoms with van der Waals surface area (Å²) in [5, 5.41) is 0. The lowest BCUT2D eigenvalue weighted by atomic mass is 9.82. The van der Waals surface area contributed by atoms with Crippen LogP contribution in [0.2, 0.25) is 0 Å². The predicted octanol–water partition coefficient (Wildman–Crippen LogP) is 4.83. The van der Waals surface area contributed by atoms with E-state index in [1.165, 1.54) is 6.07 Å². The van der Waals surface area contributed by atoms with Gasteiger partial charge in [-0.25, -0.2) is 0 Å². The van der Waals surface area contributed by atoms with Gasteiger partial charge in [0.05, 0.1) is 43.1 Å². The molecule has 3 aromatic rings. The molecular formula is C27H28F3N3O3. The maximum atomic E-state index is 13.7. The van der Waals surface area contributed by atoms with Crippen molar-refractivity contribution < 1.29 is 27.1 Å². The van der Waals surface area contributed by atoms with Crippen LogP contribution in [-0.2, 0) is 23.9 Å². The number of halogens is 3. The Morgan fingerprint density at radius 1 is 1.11 bits per heavy atom. The van der Waals surface area contributed by atoms with Crippen molar-refractivity contribution >= 4 is 17.3 Å². The number of ether oxygens (including phenoxy) is 1. The number of furan rings is 1. The fraction of sp³-hybridized carbons (Fsp3) is 0.370. The van der Waals surface area contributed by atoms with Gasteiger partial charge in [-0.05, 0) is 54.4 Å². The van der Waals surface area contributed by atoms with Crippen molar-refractivity contribution in [3.8, 4) is 5.75 Å². The van der Waals surface area contributed by atoms with Gasteiger partial charge in [-0.1, -0.05) is 12.1 Å². The number of amides is 1. The van der Waals surface area contributed by atoms with E-state index >= 15 is 0 Å². The van der Waals surface area contributed by atoms with Crippen LogP contribution >= 0.6 is 0 Å². The van der Waals surface area contributed by atoms with Gasteiger partial charge >= 0.3 is 6.18 Å². The van der Waals surface area contributed by atoms with Gasteiger partial charge in [-0.2, -0.15) is 13.2 Å². The SMILES string of the molecule is COc1ccccc1N1CCN2c3ccc(C(F)(F)F)cc3CC(C(=O)N(C)Cc3ccco3)C2C1. The normalized spacial score (nSPS) is 19.5. The largest absolute Gasteiger partial charge is 0.495 e. The van der Waals surface area contributed by atoms with Crippen molar-refractivity contribution in [2.24, 2.45) is 5.92 Å². The predicted molar refractivity (Wildman–Crippen MR) is 130 cm³/mol. The van der Waals surface area contributed by atoms with E-state index in [2.05, 4.69) is 9.80 Å². The van der Waals surface area contributed by atoms with Crippen molar-refractivity contribution in [2.75, 3.05) is 43.6 Å². The molecule has 6 nitrogen and oxygen atoms in total. The molecule has 1 amide bonds. The minimum absolute atomic E-state index is 0.119. The standard InChI is InChI=1S/C27H28F3N3O3/c1-31(16-20-6-5-13-36-20)26(34)21-15-18-14-19(27(28,29)30)9-10-22(18)33-12-11-32(17-24(21)33)23-7-3-4-8-25(23)35-2/h3-10,13-14,21,24H,11-12,15-17H2,1-2H3. The van der Waals surface area contributed by atoms with Crippen LogP contribution in [0.25, 0.3) is 0 Å². The monoisotopic (exact) mass is 499 g/mol. The van der Waals surface area contributed by atoms with Gasteiger partial charge in [0, 0.05) is 32.4 Å². The van der Waals surface area contributed by atoms with Gasteiger partial charge in [0.2, 0.25) is 5.91 Å². The Labute approximate surface area is 207 Å². The summed E-state index contributed by atoms with van der Waals surface area (Å²) in [5.41, 5.74) is 1.57. The van der Waals surface area contributed by atoms with Gasteiger partial charge < -0.3 is 23.9 Å². The molecule has 0 bridgehead atoms. The second-order valence-corrected chi connectivity index (χ2v) is 9.30. The number of anilines is 2. The van der Waals surface area contributed by atoms with E-state index in [4.69, 9.17) is 9.15 Å². The summed E-state index contributed by atoms with van der Waals surface area (Å²) in [4.78, 5) is 19.6. The number of carbonyl (C=O) groups is 1. The molecule has 2 atom stereocenters. The van der Waals surface area contributed by atoms with Crippen LogP contribution < -0.4 is 14.5 Å². The molecule has 5 rings (SSSR count). The number of piperazine rings is 1. The number of methoxy groups -OCH3 is 1. The molecule has 1 fully saturated rings. The van der Waals surface area contributed by atoms with E-state index in [0.29, 0.717) is 37.5 Å². The number of rotatable bonds is 5. The molecule has 3 heterocycles. The van der Waals surface area contributed by atoms with Crippen molar-refractivity contribution in [1.29, 1.82) is 0 Å². The van der Waals surface area contributed by atoms with E-state index in [0.717, 1.165) is 23.2 Å². The number of benzene rings is 2. The highest BCUT2D eigenvalue weighted by Gasteiger charge is 2.44. The number of carbonyl (C=O) groups excluding carboxylic acids is 1. The molecule has 0 aliphatic carbocycles. The summed E-state index contributed by atoms with van der Waals surface area (Å²) in [7, 11) is 3.33. The minimum atomic E-state index is -4.44. The third-order valence-electron chi connectivity index (χ3n) is 7.13. The zero-order valence-corrected chi connectivity index (χ0v) is 20.2. The Balaban J connectivity index is 1.49. The van der Waals surface area contributed by atoms with Crippen LogP contribution in [0.3, 0.4) is 0 Å². The van der Waals surface area contributed by atoms with E-state index in [-0.39, 0.29) is 18.4 Å². The van der Waals surface area contributed by atoms with Gasteiger partial charge in [0.15, 0.2) is 0 Å². The lowest BCUT2D eigenvalue weighted by molar-refractivity contribution is -0.137. The fourth-order valence-corrected chi connectivity index (χ4v) is 5.39. The van der Waals surface area contributed by atoms with Crippen LogP contribution in [0, 0.1) is 5.92 Å². The van der Waals surface area contributed by atoms with Crippen LogP contribution in [-0.4, -0.2) is 50.6 Å². The highest BCUT2D eigenvalue weighted by Crippen LogP contribution is 2.41. The van der Waals surface area contributed by atoms with Crippen LogP contribution in [0.4, 0.5) is 24.5 Å². The second-order valence-electron chi connectivity index (χ2n) is 9.30. The average Bonchev–Trinajstić information content (AvgIpc) is 3.39. The molecule has 0 saturated carbocycles. The Kier molecular flexibility index (Phi) is 6.32. The molecule has 36 heavy (non-hydrogen) atoms. The molecule has 1 aromatic heterocycles. The van der Waals surface area contributed by atoms with Gasteiger partial charge in [0.1, 0.15) is 11.5 Å². The number of para-hydroxylation sites is 2. The Morgan fingerprint density at radius 3 is 2.64 bits per heavy atom. The highest BCUT2D eigenvalue weighted by molar-refractivity contribution is 5.82. The molecule has 0 N–H and O–H groups in total. The average molecular weight is 500 g/mol.